The molecule has 1 aliphatic rings. The van der Waals surface area contributed by atoms with Gasteiger partial charge < -0.3 is 19.0 Å². The Morgan fingerprint density at radius 3 is 2.19 bits per heavy atom. The third kappa shape index (κ3) is 6.65. The summed E-state index contributed by atoms with van der Waals surface area (Å²) in [6.45, 7) is 21.9. The van der Waals surface area contributed by atoms with Gasteiger partial charge in [0, 0.05) is 12.5 Å². The molecule has 0 radical (unpaired) electrons. The van der Waals surface area contributed by atoms with Crippen molar-refractivity contribution in [3.8, 4) is 11.8 Å². The van der Waals surface area contributed by atoms with Gasteiger partial charge in [0.05, 0.1) is 6.10 Å². The monoisotopic (exact) mass is 384 g/mol. The average molecular weight is 385 g/mol. The Kier molecular flexibility index (Phi) is 7.96. The van der Waals surface area contributed by atoms with Crippen molar-refractivity contribution in [2.24, 2.45) is 11.8 Å². The van der Waals surface area contributed by atoms with E-state index in [2.05, 4.69) is 66.5 Å². The highest BCUT2D eigenvalue weighted by atomic mass is 28.4. The van der Waals surface area contributed by atoms with Crippen LogP contribution in [0.4, 0.5) is 0 Å². The van der Waals surface area contributed by atoms with Gasteiger partial charge in [-0.3, -0.25) is 0 Å². The summed E-state index contributed by atoms with van der Waals surface area (Å²) in [4.78, 5) is 0. The number of hydrogen-bond acceptors (Lipinski definition) is 4. The fraction of sp³-hybridized carbons (Fsp3) is 0.905. The number of aliphatic hydroxyl groups is 1. The highest BCUT2D eigenvalue weighted by Gasteiger charge is 2.45. The maximum Gasteiger partial charge on any atom is 0.191 e. The van der Waals surface area contributed by atoms with Gasteiger partial charge in [0.25, 0.3) is 0 Å². The Labute approximate surface area is 162 Å². The van der Waals surface area contributed by atoms with Crippen LogP contribution in [-0.4, -0.2) is 44.1 Å². The Morgan fingerprint density at radius 2 is 1.69 bits per heavy atom. The van der Waals surface area contributed by atoms with Gasteiger partial charge in [-0.05, 0) is 44.3 Å². The summed E-state index contributed by atoms with van der Waals surface area (Å²) in [7, 11) is -1.79. The summed E-state index contributed by atoms with van der Waals surface area (Å²) in [5, 5.41) is 10.7. The minimum atomic E-state index is -1.79. The summed E-state index contributed by atoms with van der Waals surface area (Å²) in [6, 6.07) is 0. The van der Waals surface area contributed by atoms with Crippen LogP contribution in [0.3, 0.4) is 0 Å². The Morgan fingerprint density at radius 1 is 1.12 bits per heavy atom. The van der Waals surface area contributed by atoms with Crippen molar-refractivity contribution in [2.45, 2.75) is 104 Å². The van der Waals surface area contributed by atoms with Crippen LogP contribution in [0.2, 0.25) is 18.1 Å². The SMILES string of the molecule is CC(C)[C@@H](C)C#CC(O)[C@H]1OC(C)(C)O[C@H]1CCO[Si](C)(C)C(C)(C)C. The van der Waals surface area contributed by atoms with E-state index in [1.807, 2.05) is 13.8 Å². The molecule has 1 fully saturated rings. The topological polar surface area (TPSA) is 47.9 Å². The second-order valence-corrected chi connectivity index (χ2v) is 14.6. The quantitative estimate of drug-likeness (QED) is 0.538. The van der Waals surface area contributed by atoms with Crippen molar-refractivity contribution in [2.75, 3.05) is 6.61 Å². The molecule has 1 aliphatic heterocycles. The lowest BCUT2D eigenvalue weighted by Gasteiger charge is -2.36. The van der Waals surface area contributed by atoms with Gasteiger partial charge >= 0.3 is 0 Å². The van der Waals surface area contributed by atoms with E-state index in [1.165, 1.54) is 0 Å². The zero-order valence-electron chi connectivity index (χ0n) is 18.5. The Hall–Kier alpha value is -0.383. The fourth-order valence-electron chi connectivity index (χ4n) is 2.47. The summed E-state index contributed by atoms with van der Waals surface area (Å²) in [6.07, 6.45) is -0.817. The van der Waals surface area contributed by atoms with Gasteiger partial charge in [-0.2, -0.15) is 0 Å². The molecule has 0 bridgehead atoms. The molecule has 0 aliphatic carbocycles. The van der Waals surface area contributed by atoms with E-state index in [9.17, 15) is 5.11 Å². The van der Waals surface area contributed by atoms with Crippen LogP contribution < -0.4 is 0 Å². The molecule has 0 aromatic rings. The molecule has 4 atom stereocenters. The van der Waals surface area contributed by atoms with Crippen LogP contribution >= 0.6 is 0 Å². The van der Waals surface area contributed by atoms with Crippen LogP contribution in [0.15, 0.2) is 0 Å². The largest absolute Gasteiger partial charge is 0.417 e. The van der Waals surface area contributed by atoms with Crippen molar-refractivity contribution >= 4 is 8.32 Å². The van der Waals surface area contributed by atoms with E-state index < -0.39 is 26.3 Å². The van der Waals surface area contributed by atoms with Gasteiger partial charge in [0.2, 0.25) is 0 Å². The zero-order valence-corrected chi connectivity index (χ0v) is 19.5. The van der Waals surface area contributed by atoms with Gasteiger partial charge in [-0.15, -0.1) is 0 Å². The summed E-state index contributed by atoms with van der Waals surface area (Å²) in [5.74, 6) is 6.11. The minimum Gasteiger partial charge on any atom is -0.417 e. The van der Waals surface area contributed by atoms with Crippen LogP contribution in [0.5, 0.6) is 0 Å². The van der Waals surface area contributed by atoms with E-state index in [-0.39, 0.29) is 17.1 Å². The molecule has 4 nitrogen and oxygen atoms in total. The summed E-state index contributed by atoms with van der Waals surface area (Å²) < 4.78 is 18.2. The fourth-order valence-corrected chi connectivity index (χ4v) is 3.53. The standard InChI is InChI=1S/C21H40O4Si/c1-15(2)16(3)11-12-17(22)19-18(24-21(7,8)25-19)13-14-23-26(9,10)20(4,5)6/h15-19,22H,13-14H2,1-10H3/t16-,17?,18-,19+/m0/s1. The zero-order chi connectivity index (χ0) is 20.3. The van der Waals surface area contributed by atoms with E-state index in [1.54, 1.807) is 0 Å². The molecule has 0 spiro atoms. The van der Waals surface area contributed by atoms with Crippen molar-refractivity contribution in [3.05, 3.63) is 0 Å². The molecule has 5 heteroatoms. The first-order chi connectivity index (χ1) is 11.7. The number of aliphatic hydroxyl groups excluding tert-OH is 1. The molecule has 152 valence electrons. The summed E-state index contributed by atoms with van der Waals surface area (Å²) in [5.41, 5.74) is 0. The minimum absolute atomic E-state index is 0.177. The first kappa shape index (κ1) is 23.7. The van der Waals surface area contributed by atoms with E-state index in [4.69, 9.17) is 13.9 Å². The predicted molar refractivity (Wildman–Crippen MR) is 109 cm³/mol. The molecule has 1 unspecified atom stereocenters. The van der Waals surface area contributed by atoms with E-state index in [0.717, 1.165) is 0 Å². The smallest absolute Gasteiger partial charge is 0.191 e. The molecule has 26 heavy (non-hydrogen) atoms. The highest BCUT2D eigenvalue weighted by Crippen LogP contribution is 2.37. The second kappa shape index (κ2) is 8.75. The highest BCUT2D eigenvalue weighted by molar-refractivity contribution is 6.74. The molecule has 0 aromatic carbocycles. The van der Waals surface area contributed by atoms with Crippen molar-refractivity contribution in [1.29, 1.82) is 0 Å². The third-order valence-corrected chi connectivity index (χ3v) is 10.2. The number of hydrogen-bond donors (Lipinski definition) is 1. The molecule has 1 saturated heterocycles. The molecule has 1 N–H and O–H groups in total. The molecular formula is C21H40O4Si. The summed E-state index contributed by atoms with van der Waals surface area (Å²) >= 11 is 0. The van der Waals surface area contributed by atoms with Crippen LogP contribution in [-0.2, 0) is 13.9 Å². The van der Waals surface area contributed by atoms with Crippen LogP contribution in [0.25, 0.3) is 0 Å². The molecule has 0 amide bonds. The first-order valence-corrected chi connectivity index (χ1v) is 12.8. The maximum atomic E-state index is 10.6. The predicted octanol–water partition coefficient (Wildman–Crippen LogP) is 4.57. The van der Waals surface area contributed by atoms with Gasteiger partial charge in [-0.1, -0.05) is 53.4 Å². The van der Waals surface area contributed by atoms with E-state index in [0.29, 0.717) is 18.9 Å². The number of ether oxygens (including phenoxy) is 2. The Balaban J connectivity index is 2.73. The van der Waals surface area contributed by atoms with Crippen LogP contribution in [0, 0.1) is 23.7 Å². The third-order valence-electron chi connectivity index (χ3n) is 5.66. The molecule has 1 heterocycles. The van der Waals surface area contributed by atoms with Crippen LogP contribution in [0.1, 0.15) is 61.8 Å². The second-order valence-electron chi connectivity index (χ2n) is 9.80. The molecule has 1 rings (SSSR count). The van der Waals surface area contributed by atoms with Crippen molar-refractivity contribution < 1.29 is 19.0 Å². The molecule has 0 aromatic heterocycles. The van der Waals surface area contributed by atoms with Gasteiger partial charge in [0.15, 0.2) is 14.1 Å². The lowest BCUT2D eigenvalue weighted by Crippen LogP contribution is -2.42. The lowest BCUT2D eigenvalue weighted by atomic mass is 9.98. The van der Waals surface area contributed by atoms with Crippen molar-refractivity contribution in [3.63, 3.8) is 0 Å². The molecular weight excluding hydrogens is 344 g/mol. The Bertz CT molecular complexity index is 510. The lowest BCUT2D eigenvalue weighted by molar-refractivity contribution is -0.152. The van der Waals surface area contributed by atoms with E-state index >= 15 is 0 Å². The first-order valence-electron chi connectivity index (χ1n) is 9.85. The normalized spacial score (nSPS) is 25.7. The van der Waals surface area contributed by atoms with Gasteiger partial charge in [-0.25, -0.2) is 0 Å². The maximum absolute atomic E-state index is 10.6. The number of rotatable bonds is 6. The molecule has 0 saturated carbocycles. The van der Waals surface area contributed by atoms with Gasteiger partial charge in [0.1, 0.15) is 12.2 Å². The van der Waals surface area contributed by atoms with Crippen molar-refractivity contribution in [1.82, 2.24) is 0 Å². The average Bonchev–Trinajstić information content (AvgIpc) is 2.78.